The maximum Gasteiger partial charge on any atom is 0.305 e. The van der Waals surface area contributed by atoms with Crippen LogP contribution in [0.3, 0.4) is 0 Å². The number of aliphatic hydroxyl groups is 1. The molecule has 0 radical (unpaired) electrons. The van der Waals surface area contributed by atoms with E-state index < -0.39 is 29.9 Å². The van der Waals surface area contributed by atoms with Gasteiger partial charge in [0.2, 0.25) is 0 Å². The first kappa shape index (κ1) is 25.1. The zero-order valence-electron chi connectivity index (χ0n) is 22.6. The van der Waals surface area contributed by atoms with E-state index in [1.807, 2.05) is 0 Å². The minimum absolute atomic E-state index is 0.0139. The first-order chi connectivity index (χ1) is 16.2. The normalized spacial score (nSPS) is 49.8. The summed E-state index contributed by atoms with van der Waals surface area (Å²) in [5.41, 5.74) is 0.760. The number of hydrogen-bond acceptors (Lipinski definition) is 6. The van der Waals surface area contributed by atoms with Crippen LogP contribution in [0.1, 0.15) is 93.4 Å². The molecule has 1 aliphatic heterocycles. The molecule has 1 N–H and O–H groups in total. The van der Waals surface area contributed by atoms with Crippen LogP contribution in [-0.2, 0) is 23.8 Å². The van der Waals surface area contributed by atoms with Crippen molar-refractivity contribution >= 4 is 11.9 Å². The SMILES string of the molecule is CC(=O)O[C@H]1OC=C2[C@@H](OC(C)=O)C[C@@H]3[C@]4(C)CC[C@H]5C(C)(C)CCC[C@]5(C)[C@@H]4C[C@@H](O)[C@]3(C)[C@H]21. The van der Waals surface area contributed by atoms with Gasteiger partial charge in [0.15, 0.2) is 0 Å². The van der Waals surface area contributed by atoms with Gasteiger partial charge in [-0.05, 0) is 72.5 Å². The van der Waals surface area contributed by atoms with Crippen molar-refractivity contribution in [1.29, 1.82) is 0 Å². The van der Waals surface area contributed by atoms with E-state index in [-0.39, 0.29) is 28.6 Å². The molecule has 0 amide bonds. The predicted molar refractivity (Wildman–Crippen MR) is 131 cm³/mol. The summed E-state index contributed by atoms with van der Waals surface area (Å²) in [5.74, 6) is 0.0707. The molecule has 4 saturated carbocycles. The van der Waals surface area contributed by atoms with E-state index in [0.717, 1.165) is 18.4 Å². The van der Waals surface area contributed by atoms with Crippen molar-refractivity contribution in [2.45, 2.75) is 112 Å². The summed E-state index contributed by atoms with van der Waals surface area (Å²) in [6.07, 6.45) is 7.26. The van der Waals surface area contributed by atoms with Gasteiger partial charge in [-0.15, -0.1) is 0 Å². The van der Waals surface area contributed by atoms with E-state index in [4.69, 9.17) is 14.2 Å². The molecule has 5 rings (SSSR count). The maximum atomic E-state index is 12.1. The quantitative estimate of drug-likeness (QED) is 0.526. The van der Waals surface area contributed by atoms with Gasteiger partial charge in [0, 0.05) is 24.8 Å². The fraction of sp³-hybridized carbons (Fsp3) is 0.862. The summed E-state index contributed by atoms with van der Waals surface area (Å²) in [6.45, 7) is 14.8. The standard InChI is InChI=1S/C29H44O6/c1-16(30)34-19-13-22-28(6)12-9-20-26(3,4)10-8-11-27(20,5)21(28)14-23(32)29(22,7)24-18(19)15-33-25(24)35-17(2)31/h15,19-25,32H,8-14H2,1-7H3/t19-,20-,21-,22+,23+,24+,25+,27-,28+,29+/m0/s1. The second-order valence-electron chi connectivity index (χ2n) is 13.7. The molecule has 0 spiro atoms. The molecule has 10 atom stereocenters. The molecule has 0 unspecified atom stereocenters. The van der Waals surface area contributed by atoms with Crippen molar-refractivity contribution in [1.82, 2.24) is 0 Å². The largest absolute Gasteiger partial charge is 0.462 e. The minimum atomic E-state index is -0.802. The third-order valence-corrected chi connectivity index (χ3v) is 11.6. The molecule has 0 bridgehead atoms. The van der Waals surface area contributed by atoms with Gasteiger partial charge in [-0.3, -0.25) is 9.59 Å². The van der Waals surface area contributed by atoms with Crippen LogP contribution in [0.2, 0.25) is 0 Å². The fourth-order valence-corrected chi connectivity index (χ4v) is 10.3. The lowest BCUT2D eigenvalue weighted by molar-refractivity contribution is -0.262. The highest BCUT2D eigenvalue weighted by molar-refractivity contribution is 5.67. The van der Waals surface area contributed by atoms with Gasteiger partial charge in [-0.2, -0.15) is 0 Å². The second-order valence-corrected chi connectivity index (χ2v) is 13.7. The molecule has 1 heterocycles. The van der Waals surface area contributed by atoms with Crippen molar-refractivity contribution in [3.8, 4) is 0 Å². The van der Waals surface area contributed by atoms with Crippen LogP contribution in [-0.4, -0.2) is 35.5 Å². The zero-order chi connectivity index (χ0) is 25.6. The molecule has 5 aliphatic rings. The lowest BCUT2D eigenvalue weighted by atomic mass is 9.34. The highest BCUT2D eigenvalue weighted by atomic mass is 16.7. The molecule has 4 fully saturated rings. The fourth-order valence-electron chi connectivity index (χ4n) is 10.3. The van der Waals surface area contributed by atoms with Gasteiger partial charge in [-0.1, -0.05) is 41.0 Å². The Morgan fingerprint density at radius 2 is 1.57 bits per heavy atom. The topological polar surface area (TPSA) is 82.1 Å². The number of carbonyl (C=O) groups is 2. The van der Waals surface area contributed by atoms with Gasteiger partial charge >= 0.3 is 11.9 Å². The third kappa shape index (κ3) is 3.44. The summed E-state index contributed by atoms with van der Waals surface area (Å²) >= 11 is 0. The van der Waals surface area contributed by atoms with Crippen LogP contribution in [0.25, 0.3) is 0 Å². The molecular weight excluding hydrogens is 444 g/mol. The second kappa shape index (κ2) is 7.97. The Hall–Kier alpha value is -1.56. The molecule has 0 aromatic heterocycles. The van der Waals surface area contributed by atoms with E-state index in [1.54, 1.807) is 6.26 Å². The summed E-state index contributed by atoms with van der Waals surface area (Å²) in [6, 6.07) is 0. The summed E-state index contributed by atoms with van der Waals surface area (Å²) in [7, 11) is 0. The van der Waals surface area contributed by atoms with E-state index in [9.17, 15) is 14.7 Å². The Kier molecular flexibility index (Phi) is 5.71. The molecule has 0 saturated heterocycles. The number of carbonyl (C=O) groups excluding carboxylic acids is 2. The number of rotatable bonds is 2. The Morgan fingerprint density at radius 1 is 0.914 bits per heavy atom. The third-order valence-electron chi connectivity index (χ3n) is 11.6. The van der Waals surface area contributed by atoms with Crippen molar-refractivity contribution in [3.05, 3.63) is 11.8 Å². The maximum absolute atomic E-state index is 12.1. The highest BCUT2D eigenvalue weighted by Crippen LogP contribution is 2.74. The van der Waals surface area contributed by atoms with Crippen molar-refractivity contribution in [3.63, 3.8) is 0 Å². The Balaban J connectivity index is 1.59. The Bertz CT molecular complexity index is 939. The van der Waals surface area contributed by atoms with Crippen LogP contribution in [0, 0.1) is 45.3 Å². The van der Waals surface area contributed by atoms with Gasteiger partial charge in [0.25, 0.3) is 6.29 Å². The molecule has 4 aliphatic carbocycles. The van der Waals surface area contributed by atoms with Crippen LogP contribution in [0.5, 0.6) is 0 Å². The Labute approximate surface area is 210 Å². The van der Waals surface area contributed by atoms with Crippen molar-refractivity contribution < 1.29 is 28.9 Å². The predicted octanol–water partition coefficient (Wildman–Crippen LogP) is 5.38. The first-order valence-electron chi connectivity index (χ1n) is 13.6. The van der Waals surface area contributed by atoms with Crippen molar-refractivity contribution in [2.24, 2.45) is 45.3 Å². The number of fused-ring (bicyclic) bond motifs is 7. The van der Waals surface area contributed by atoms with E-state index in [0.29, 0.717) is 23.7 Å². The molecular formula is C29H44O6. The van der Waals surface area contributed by atoms with Crippen LogP contribution in [0.4, 0.5) is 0 Å². The summed E-state index contributed by atoms with van der Waals surface area (Å²) in [5, 5.41) is 12.0. The van der Waals surface area contributed by atoms with Gasteiger partial charge in [-0.25, -0.2) is 0 Å². The monoisotopic (exact) mass is 488 g/mol. The molecule has 0 aromatic rings. The summed E-state index contributed by atoms with van der Waals surface area (Å²) < 4.78 is 17.4. The van der Waals surface area contributed by atoms with E-state index in [1.165, 1.54) is 39.5 Å². The first-order valence-corrected chi connectivity index (χ1v) is 13.6. The van der Waals surface area contributed by atoms with Crippen LogP contribution < -0.4 is 0 Å². The average Bonchev–Trinajstić information content (AvgIpc) is 3.15. The summed E-state index contributed by atoms with van der Waals surface area (Å²) in [4.78, 5) is 24.1. The smallest absolute Gasteiger partial charge is 0.305 e. The van der Waals surface area contributed by atoms with E-state index >= 15 is 0 Å². The molecule has 35 heavy (non-hydrogen) atoms. The molecule has 6 nitrogen and oxygen atoms in total. The minimum Gasteiger partial charge on any atom is -0.462 e. The van der Waals surface area contributed by atoms with Crippen LogP contribution in [0.15, 0.2) is 11.8 Å². The number of esters is 2. The molecule has 0 aromatic carbocycles. The van der Waals surface area contributed by atoms with Crippen molar-refractivity contribution in [2.75, 3.05) is 0 Å². The zero-order valence-corrected chi connectivity index (χ0v) is 22.6. The highest BCUT2D eigenvalue weighted by Gasteiger charge is 2.71. The van der Waals surface area contributed by atoms with Gasteiger partial charge < -0.3 is 19.3 Å². The molecule has 6 heteroatoms. The average molecular weight is 489 g/mol. The molecule has 196 valence electrons. The van der Waals surface area contributed by atoms with E-state index in [2.05, 4.69) is 34.6 Å². The number of aliphatic hydroxyl groups excluding tert-OH is 1. The number of hydrogen-bond donors (Lipinski definition) is 1. The Morgan fingerprint density at radius 3 is 2.23 bits per heavy atom. The number of ether oxygens (including phenoxy) is 3. The van der Waals surface area contributed by atoms with Crippen LogP contribution >= 0.6 is 0 Å². The lowest BCUT2D eigenvalue weighted by Crippen LogP contribution is -2.68. The van der Waals surface area contributed by atoms with Gasteiger partial charge in [0.1, 0.15) is 6.10 Å². The van der Waals surface area contributed by atoms with Gasteiger partial charge in [0.05, 0.1) is 18.3 Å². The lowest BCUT2D eigenvalue weighted by Gasteiger charge is -2.71.